The zero-order chi connectivity index (χ0) is 22.4. The number of carbonyl (C=O) groups is 3. The third kappa shape index (κ3) is 8.67. The SMILES string of the molecule is C=C(CC[C@H]1O[C@H](OC)[C@H](OC(C)=O)[C@@H](OC(C)=O)[C@@H]1OC(C)=O)C[Si](C)(C)C. The molecule has 0 aliphatic carbocycles. The summed E-state index contributed by atoms with van der Waals surface area (Å²) in [6.45, 7) is 14.7. The third-order valence-electron chi connectivity index (χ3n) is 4.29. The van der Waals surface area contributed by atoms with Gasteiger partial charge in [0.1, 0.15) is 6.10 Å². The van der Waals surface area contributed by atoms with Crippen molar-refractivity contribution in [2.45, 2.75) is 90.0 Å². The van der Waals surface area contributed by atoms with E-state index in [0.29, 0.717) is 12.8 Å². The van der Waals surface area contributed by atoms with E-state index in [0.717, 1.165) is 11.6 Å². The number of esters is 3. The van der Waals surface area contributed by atoms with Crippen molar-refractivity contribution >= 4 is 26.0 Å². The number of rotatable bonds is 9. The van der Waals surface area contributed by atoms with Crippen molar-refractivity contribution in [1.29, 1.82) is 0 Å². The Morgan fingerprint density at radius 1 is 0.897 bits per heavy atom. The Morgan fingerprint density at radius 2 is 1.38 bits per heavy atom. The maximum absolute atomic E-state index is 11.7. The largest absolute Gasteiger partial charge is 0.456 e. The molecule has 0 amide bonds. The summed E-state index contributed by atoms with van der Waals surface area (Å²) in [4.78, 5) is 35.0. The number of ether oxygens (including phenoxy) is 5. The normalized spacial score (nSPS) is 27.1. The lowest BCUT2D eigenvalue weighted by molar-refractivity contribution is -0.298. The first kappa shape index (κ1) is 25.3. The lowest BCUT2D eigenvalue weighted by atomic mass is 9.94. The van der Waals surface area contributed by atoms with E-state index >= 15 is 0 Å². The second kappa shape index (κ2) is 10.9. The molecule has 5 atom stereocenters. The van der Waals surface area contributed by atoms with Crippen LogP contribution in [0.5, 0.6) is 0 Å². The molecule has 0 N–H and O–H groups in total. The van der Waals surface area contributed by atoms with E-state index in [4.69, 9.17) is 23.7 Å². The maximum Gasteiger partial charge on any atom is 0.303 e. The van der Waals surface area contributed by atoms with Crippen LogP contribution in [0, 0.1) is 0 Å². The molecule has 0 aromatic heterocycles. The summed E-state index contributed by atoms with van der Waals surface area (Å²) in [5.74, 6) is -1.75. The van der Waals surface area contributed by atoms with Gasteiger partial charge in [-0.2, -0.15) is 0 Å². The highest BCUT2D eigenvalue weighted by Gasteiger charge is 2.51. The molecule has 0 aromatic rings. The monoisotopic (exact) mass is 430 g/mol. The fourth-order valence-corrected chi connectivity index (χ4v) is 5.14. The summed E-state index contributed by atoms with van der Waals surface area (Å²) in [7, 11) is 0.0896. The molecule has 9 heteroatoms. The van der Waals surface area contributed by atoms with E-state index < -0.39 is 56.7 Å². The highest BCUT2D eigenvalue weighted by molar-refractivity contribution is 6.76. The van der Waals surface area contributed by atoms with Crippen LogP contribution in [0.2, 0.25) is 25.7 Å². The van der Waals surface area contributed by atoms with Crippen molar-refractivity contribution in [2.75, 3.05) is 7.11 Å². The molecule has 0 radical (unpaired) electrons. The van der Waals surface area contributed by atoms with Crippen LogP contribution < -0.4 is 0 Å². The summed E-state index contributed by atoms with van der Waals surface area (Å²) in [6.07, 6.45) is -3.48. The number of hydrogen-bond donors (Lipinski definition) is 0. The van der Waals surface area contributed by atoms with Gasteiger partial charge in [-0.25, -0.2) is 0 Å². The van der Waals surface area contributed by atoms with Gasteiger partial charge in [-0.3, -0.25) is 14.4 Å². The number of hydrogen-bond acceptors (Lipinski definition) is 8. The molecule has 166 valence electrons. The molecule has 8 nitrogen and oxygen atoms in total. The van der Waals surface area contributed by atoms with Crippen molar-refractivity contribution in [3.8, 4) is 0 Å². The van der Waals surface area contributed by atoms with Crippen LogP contribution in [-0.4, -0.2) is 63.8 Å². The smallest absolute Gasteiger partial charge is 0.303 e. The van der Waals surface area contributed by atoms with Crippen LogP contribution in [-0.2, 0) is 38.1 Å². The van der Waals surface area contributed by atoms with Gasteiger partial charge in [0.25, 0.3) is 0 Å². The lowest BCUT2D eigenvalue weighted by Gasteiger charge is -2.44. The standard InChI is InChI=1S/C20H34O8Si/c1-12(11-29(6,7)8)9-10-16-17(25-13(2)21)18(26-14(3)22)19(27-15(4)23)20(24-5)28-16/h16-20H,1,9-11H2,2-8H3/t16-,17-,18+,19-,20+/m1/s1. The summed E-state index contributed by atoms with van der Waals surface area (Å²) in [6, 6.07) is 0.967. The van der Waals surface area contributed by atoms with Gasteiger partial charge in [0.05, 0.1) is 0 Å². The van der Waals surface area contributed by atoms with Crippen LogP contribution in [0.1, 0.15) is 33.6 Å². The summed E-state index contributed by atoms with van der Waals surface area (Å²) < 4.78 is 27.4. The van der Waals surface area contributed by atoms with E-state index in [9.17, 15) is 14.4 Å². The molecule has 1 aliphatic heterocycles. The third-order valence-corrected chi connectivity index (χ3v) is 5.85. The average molecular weight is 431 g/mol. The Balaban J connectivity index is 3.11. The zero-order valence-corrected chi connectivity index (χ0v) is 19.5. The molecule has 1 heterocycles. The van der Waals surface area contributed by atoms with Crippen molar-refractivity contribution in [2.24, 2.45) is 0 Å². The van der Waals surface area contributed by atoms with Gasteiger partial charge in [0.15, 0.2) is 24.6 Å². The van der Waals surface area contributed by atoms with E-state index in [1.165, 1.54) is 27.9 Å². The molecule has 0 bridgehead atoms. The van der Waals surface area contributed by atoms with Gasteiger partial charge < -0.3 is 23.7 Å². The minimum Gasteiger partial charge on any atom is -0.456 e. The molecular weight excluding hydrogens is 396 g/mol. The molecule has 0 spiro atoms. The molecule has 1 fully saturated rings. The molecule has 1 saturated heterocycles. The molecular formula is C20H34O8Si. The Kier molecular flexibility index (Phi) is 9.51. The Hall–Kier alpha value is -1.71. The summed E-state index contributed by atoms with van der Waals surface area (Å²) in [5, 5.41) is 0. The highest BCUT2D eigenvalue weighted by atomic mass is 28.3. The first-order chi connectivity index (χ1) is 13.3. The molecule has 0 saturated carbocycles. The van der Waals surface area contributed by atoms with Gasteiger partial charge in [-0.1, -0.05) is 25.2 Å². The minimum atomic E-state index is -1.31. The van der Waals surface area contributed by atoms with Crippen LogP contribution >= 0.6 is 0 Å². The molecule has 0 unspecified atom stereocenters. The van der Waals surface area contributed by atoms with Crippen LogP contribution in [0.3, 0.4) is 0 Å². The fraction of sp³-hybridized carbons (Fsp3) is 0.750. The lowest BCUT2D eigenvalue weighted by Crippen LogP contribution is -2.61. The molecule has 29 heavy (non-hydrogen) atoms. The first-order valence-electron chi connectivity index (χ1n) is 9.70. The first-order valence-corrected chi connectivity index (χ1v) is 13.4. The van der Waals surface area contributed by atoms with Gasteiger partial charge in [-0.15, -0.1) is 6.58 Å². The highest BCUT2D eigenvalue weighted by Crippen LogP contribution is 2.32. The molecule has 0 aromatic carbocycles. The number of methoxy groups -OCH3 is 1. The second-order valence-electron chi connectivity index (χ2n) is 8.53. The van der Waals surface area contributed by atoms with Gasteiger partial charge >= 0.3 is 17.9 Å². The van der Waals surface area contributed by atoms with E-state index in [-0.39, 0.29) is 0 Å². The van der Waals surface area contributed by atoms with Gasteiger partial charge in [-0.05, 0) is 18.9 Å². The van der Waals surface area contributed by atoms with E-state index in [1.54, 1.807) is 0 Å². The van der Waals surface area contributed by atoms with Crippen molar-refractivity contribution < 1.29 is 38.1 Å². The van der Waals surface area contributed by atoms with Crippen LogP contribution in [0.15, 0.2) is 12.2 Å². The Morgan fingerprint density at radius 3 is 1.83 bits per heavy atom. The minimum absolute atomic E-state index is 0.492. The van der Waals surface area contributed by atoms with Gasteiger partial charge in [0.2, 0.25) is 0 Å². The summed E-state index contributed by atoms with van der Waals surface area (Å²) >= 11 is 0. The fourth-order valence-electron chi connectivity index (χ4n) is 3.46. The Bertz CT molecular complexity index is 612. The average Bonchev–Trinajstić information content (AvgIpc) is 2.54. The van der Waals surface area contributed by atoms with Crippen molar-refractivity contribution in [3.05, 3.63) is 12.2 Å². The zero-order valence-electron chi connectivity index (χ0n) is 18.5. The van der Waals surface area contributed by atoms with E-state index in [2.05, 4.69) is 26.2 Å². The summed E-state index contributed by atoms with van der Waals surface area (Å²) in [5.41, 5.74) is 1.09. The molecule has 1 rings (SSSR count). The van der Waals surface area contributed by atoms with Crippen molar-refractivity contribution in [3.63, 3.8) is 0 Å². The second-order valence-corrected chi connectivity index (χ2v) is 14.0. The topological polar surface area (TPSA) is 97.4 Å². The molecule has 1 aliphatic rings. The van der Waals surface area contributed by atoms with E-state index in [1.807, 2.05) is 0 Å². The Labute approximate surface area is 173 Å². The van der Waals surface area contributed by atoms with Gasteiger partial charge in [0, 0.05) is 36.0 Å². The van der Waals surface area contributed by atoms with Crippen molar-refractivity contribution in [1.82, 2.24) is 0 Å². The number of allylic oxidation sites excluding steroid dienone is 1. The predicted octanol–water partition coefficient (Wildman–Crippen LogP) is 2.83. The van der Waals surface area contributed by atoms with Crippen LogP contribution in [0.4, 0.5) is 0 Å². The predicted molar refractivity (Wildman–Crippen MR) is 109 cm³/mol. The maximum atomic E-state index is 11.7. The number of carbonyl (C=O) groups excluding carboxylic acids is 3. The van der Waals surface area contributed by atoms with Crippen LogP contribution in [0.25, 0.3) is 0 Å². The quantitative estimate of drug-likeness (QED) is 0.238.